The third kappa shape index (κ3) is 4.47. The number of halogens is 2. The normalized spacial score (nSPS) is 20.2. The first-order valence-electron chi connectivity index (χ1n) is 9.25. The van der Waals surface area contributed by atoms with Gasteiger partial charge in [0, 0.05) is 17.9 Å². The standard InChI is InChI=1S/C22H28FNO.BrH/c1-16-11-12-22(25)20(14-16)19(18-9-4-5-10-21(18)23)15-17-8-6-7-13-24(17,2)3;/h4-5,9-12,14,17,19H,6-8,13,15H2,1-3H3;1H. The molecule has 3 rings (SSSR count). The zero-order chi connectivity index (χ0) is 18.0. The van der Waals surface area contributed by atoms with Gasteiger partial charge in [0.2, 0.25) is 0 Å². The van der Waals surface area contributed by atoms with Crippen LogP contribution in [0.5, 0.6) is 5.75 Å². The van der Waals surface area contributed by atoms with Crippen molar-refractivity contribution in [2.45, 2.75) is 44.6 Å². The Hall–Kier alpha value is -1.39. The number of aryl methyl sites for hydroxylation is 1. The molecular formula is C22H29BrFNO. The first kappa shape index (κ1) is 20.9. The number of piperidine rings is 1. The van der Waals surface area contributed by atoms with Crippen molar-refractivity contribution in [2.75, 3.05) is 20.6 Å². The van der Waals surface area contributed by atoms with Crippen molar-refractivity contribution >= 4 is 0 Å². The van der Waals surface area contributed by atoms with Gasteiger partial charge >= 0.3 is 0 Å². The molecule has 1 saturated heterocycles. The number of quaternary nitrogens is 1. The van der Waals surface area contributed by atoms with Gasteiger partial charge in [-0.1, -0.05) is 35.9 Å². The van der Waals surface area contributed by atoms with Crippen molar-refractivity contribution in [3.63, 3.8) is 0 Å². The van der Waals surface area contributed by atoms with Crippen molar-refractivity contribution in [1.82, 2.24) is 0 Å². The summed E-state index contributed by atoms with van der Waals surface area (Å²) >= 11 is 0. The summed E-state index contributed by atoms with van der Waals surface area (Å²) in [6, 6.07) is 13.1. The van der Waals surface area contributed by atoms with Crippen LogP contribution in [-0.4, -0.2) is 36.3 Å². The quantitative estimate of drug-likeness (QED) is 0.748. The molecule has 2 aromatic carbocycles. The van der Waals surface area contributed by atoms with Gasteiger partial charge < -0.3 is 26.6 Å². The molecule has 0 amide bonds. The van der Waals surface area contributed by atoms with Crippen LogP contribution in [0, 0.1) is 12.7 Å². The second-order valence-corrected chi connectivity index (χ2v) is 8.02. The molecule has 0 radical (unpaired) electrons. The van der Waals surface area contributed by atoms with Gasteiger partial charge in [0.05, 0.1) is 26.7 Å². The monoisotopic (exact) mass is 421 g/mol. The molecule has 0 aliphatic carbocycles. The van der Waals surface area contributed by atoms with Gasteiger partial charge in [0.25, 0.3) is 0 Å². The lowest BCUT2D eigenvalue weighted by Gasteiger charge is -2.43. The van der Waals surface area contributed by atoms with E-state index >= 15 is 0 Å². The van der Waals surface area contributed by atoms with Crippen LogP contribution in [0.4, 0.5) is 4.39 Å². The average molecular weight is 422 g/mol. The maximum atomic E-state index is 14.6. The van der Waals surface area contributed by atoms with Crippen LogP contribution in [0.2, 0.25) is 0 Å². The molecule has 0 spiro atoms. The maximum Gasteiger partial charge on any atom is 0.127 e. The summed E-state index contributed by atoms with van der Waals surface area (Å²) in [5, 5.41) is 10.5. The minimum Gasteiger partial charge on any atom is -1.00 e. The fourth-order valence-electron chi connectivity index (χ4n) is 4.24. The largest absolute Gasteiger partial charge is 1.00 e. The number of nitrogens with zero attached hydrogens (tertiary/aromatic N) is 1. The van der Waals surface area contributed by atoms with E-state index in [1.807, 2.05) is 31.2 Å². The van der Waals surface area contributed by atoms with Crippen molar-refractivity contribution in [3.05, 3.63) is 65.0 Å². The smallest absolute Gasteiger partial charge is 0.127 e. The summed E-state index contributed by atoms with van der Waals surface area (Å²) in [7, 11) is 4.55. The molecule has 0 aromatic heterocycles. The van der Waals surface area contributed by atoms with Gasteiger partial charge in [-0.3, -0.25) is 0 Å². The van der Waals surface area contributed by atoms with E-state index in [0.29, 0.717) is 11.6 Å². The highest BCUT2D eigenvalue weighted by molar-refractivity contribution is 5.44. The Kier molecular flexibility index (Phi) is 6.86. The number of hydrogen-bond acceptors (Lipinski definition) is 1. The van der Waals surface area contributed by atoms with E-state index in [-0.39, 0.29) is 34.5 Å². The third-order valence-electron chi connectivity index (χ3n) is 5.86. The topological polar surface area (TPSA) is 20.2 Å². The van der Waals surface area contributed by atoms with Crippen molar-refractivity contribution in [1.29, 1.82) is 0 Å². The first-order valence-corrected chi connectivity index (χ1v) is 9.25. The van der Waals surface area contributed by atoms with E-state index in [2.05, 4.69) is 14.1 Å². The fraction of sp³-hybridized carbons (Fsp3) is 0.455. The van der Waals surface area contributed by atoms with E-state index in [0.717, 1.165) is 35.0 Å². The predicted octanol–water partition coefficient (Wildman–Crippen LogP) is 1.99. The van der Waals surface area contributed by atoms with Gasteiger partial charge in [-0.2, -0.15) is 0 Å². The fourth-order valence-corrected chi connectivity index (χ4v) is 4.24. The Balaban J connectivity index is 0.00000243. The molecular weight excluding hydrogens is 393 g/mol. The van der Waals surface area contributed by atoms with Gasteiger partial charge in [-0.15, -0.1) is 0 Å². The summed E-state index contributed by atoms with van der Waals surface area (Å²) in [6.45, 7) is 3.18. The van der Waals surface area contributed by atoms with Crippen LogP contribution in [0.3, 0.4) is 0 Å². The molecule has 142 valence electrons. The summed E-state index contributed by atoms with van der Waals surface area (Å²) in [5.74, 6) is -0.0453. The van der Waals surface area contributed by atoms with Crippen LogP contribution >= 0.6 is 0 Å². The molecule has 2 aromatic rings. The van der Waals surface area contributed by atoms with Gasteiger partial charge in [0.1, 0.15) is 11.6 Å². The predicted molar refractivity (Wildman–Crippen MR) is 100 cm³/mol. The molecule has 0 bridgehead atoms. The second-order valence-electron chi connectivity index (χ2n) is 8.02. The highest BCUT2D eigenvalue weighted by atomic mass is 79.9. The molecule has 1 N–H and O–H groups in total. The zero-order valence-corrected chi connectivity index (χ0v) is 17.5. The summed E-state index contributed by atoms with van der Waals surface area (Å²) in [6.07, 6.45) is 4.50. The van der Waals surface area contributed by atoms with Crippen LogP contribution in [0.15, 0.2) is 42.5 Å². The van der Waals surface area contributed by atoms with Gasteiger partial charge in [-0.05, 0) is 43.9 Å². The van der Waals surface area contributed by atoms with Crippen LogP contribution in [-0.2, 0) is 0 Å². The number of phenolic OH excluding ortho intramolecular Hbond substituents is 1. The van der Waals surface area contributed by atoms with E-state index in [9.17, 15) is 9.50 Å². The summed E-state index contributed by atoms with van der Waals surface area (Å²) in [5.41, 5.74) is 2.62. The molecule has 2 nitrogen and oxygen atoms in total. The molecule has 1 aliphatic rings. The Morgan fingerprint density at radius 1 is 1.12 bits per heavy atom. The Bertz CT molecular complexity index is 747. The second kappa shape index (κ2) is 8.53. The van der Waals surface area contributed by atoms with Crippen LogP contribution in [0.25, 0.3) is 0 Å². The minimum atomic E-state index is -0.186. The Morgan fingerprint density at radius 3 is 2.54 bits per heavy atom. The molecule has 2 unspecified atom stereocenters. The van der Waals surface area contributed by atoms with E-state index in [4.69, 9.17) is 0 Å². The van der Waals surface area contributed by atoms with E-state index in [1.54, 1.807) is 12.1 Å². The molecule has 1 heterocycles. The van der Waals surface area contributed by atoms with Crippen LogP contribution in [0.1, 0.15) is 48.3 Å². The zero-order valence-electron chi connectivity index (χ0n) is 15.9. The van der Waals surface area contributed by atoms with E-state index in [1.165, 1.54) is 18.9 Å². The van der Waals surface area contributed by atoms with E-state index < -0.39 is 0 Å². The summed E-state index contributed by atoms with van der Waals surface area (Å²) < 4.78 is 15.6. The van der Waals surface area contributed by atoms with Crippen molar-refractivity contribution < 1.29 is 31.0 Å². The molecule has 0 saturated carbocycles. The highest BCUT2D eigenvalue weighted by Crippen LogP contribution is 2.39. The molecule has 4 heteroatoms. The molecule has 26 heavy (non-hydrogen) atoms. The maximum absolute atomic E-state index is 14.6. The number of benzene rings is 2. The number of hydrogen-bond donors (Lipinski definition) is 1. The lowest BCUT2D eigenvalue weighted by molar-refractivity contribution is -0.920. The lowest BCUT2D eigenvalue weighted by atomic mass is 9.81. The lowest BCUT2D eigenvalue weighted by Crippen LogP contribution is -3.00. The van der Waals surface area contributed by atoms with Crippen LogP contribution < -0.4 is 17.0 Å². The number of aromatic hydroxyl groups is 1. The summed E-state index contributed by atoms with van der Waals surface area (Å²) in [4.78, 5) is 0. The van der Waals surface area contributed by atoms with Crippen molar-refractivity contribution in [2.24, 2.45) is 0 Å². The minimum absolute atomic E-state index is 0. The number of phenols is 1. The first-order chi connectivity index (χ1) is 11.9. The van der Waals surface area contributed by atoms with Gasteiger partial charge in [-0.25, -0.2) is 4.39 Å². The Labute approximate surface area is 167 Å². The average Bonchev–Trinajstić information content (AvgIpc) is 2.57. The Morgan fingerprint density at radius 2 is 1.85 bits per heavy atom. The van der Waals surface area contributed by atoms with Crippen molar-refractivity contribution in [3.8, 4) is 5.75 Å². The molecule has 1 aliphatic heterocycles. The number of rotatable bonds is 4. The third-order valence-corrected chi connectivity index (χ3v) is 5.86. The molecule has 1 fully saturated rings. The van der Waals surface area contributed by atoms with Gasteiger partial charge in [0.15, 0.2) is 0 Å². The highest BCUT2D eigenvalue weighted by Gasteiger charge is 2.35. The SMILES string of the molecule is Cc1ccc(O)c(C(CC2CCCC[N+]2(C)C)c2ccccc2F)c1.[Br-]. The molecule has 2 atom stereocenters. The number of likely N-dealkylation sites (tertiary alicyclic amines) is 1.